The van der Waals surface area contributed by atoms with Crippen molar-refractivity contribution in [1.82, 2.24) is 0 Å². The summed E-state index contributed by atoms with van der Waals surface area (Å²) in [4.78, 5) is 0. The summed E-state index contributed by atoms with van der Waals surface area (Å²) in [5.74, 6) is 0. The summed E-state index contributed by atoms with van der Waals surface area (Å²) in [5.41, 5.74) is 0. The maximum atomic E-state index is 10.5. The lowest BCUT2D eigenvalue weighted by Crippen LogP contribution is -2.65. The topological polar surface area (TPSA) is 66.4 Å². The van der Waals surface area contributed by atoms with Crippen molar-refractivity contribution in [3.63, 3.8) is 0 Å². The summed E-state index contributed by atoms with van der Waals surface area (Å²) in [7, 11) is 0. The third-order valence-corrected chi connectivity index (χ3v) is 3.24. The number of hydrogen-bond acceptors (Lipinski definition) is 6. The molecule has 1 aliphatic carbocycles. The SMILES string of the molecule is C=COC1C(O)C(OC=C)C(OC=C)C(OC=C)C1OC=C. The van der Waals surface area contributed by atoms with E-state index < -0.39 is 36.6 Å². The molecule has 0 radical (unpaired) electrons. The van der Waals surface area contributed by atoms with Crippen molar-refractivity contribution >= 4 is 0 Å². The Hall–Kier alpha value is -2.34. The molecule has 0 aromatic rings. The van der Waals surface area contributed by atoms with Gasteiger partial charge >= 0.3 is 0 Å². The quantitative estimate of drug-likeness (QED) is 0.623. The van der Waals surface area contributed by atoms with Gasteiger partial charge in [-0.3, -0.25) is 0 Å². The molecule has 0 aliphatic heterocycles. The van der Waals surface area contributed by atoms with Gasteiger partial charge in [0.25, 0.3) is 0 Å². The molecule has 22 heavy (non-hydrogen) atoms. The van der Waals surface area contributed by atoms with Gasteiger partial charge in [0, 0.05) is 0 Å². The van der Waals surface area contributed by atoms with Crippen LogP contribution in [0.1, 0.15) is 0 Å². The molecule has 0 aromatic heterocycles. The van der Waals surface area contributed by atoms with E-state index in [1.807, 2.05) is 0 Å². The maximum absolute atomic E-state index is 10.5. The van der Waals surface area contributed by atoms with E-state index in [9.17, 15) is 5.11 Å². The van der Waals surface area contributed by atoms with Gasteiger partial charge < -0.3 is 28.8 Å². The zero-order valence-electron chi connectivity index (χ0n) is 12.4. The van der Waals surface area contributed by atoms with Gasteiger partial charge in [0.2, 0.25) is 0 Å². The Morgan fingerprint density at radius 1 is 0.500 bits per heavy atom. The largest absolute Gasteiger partial charge is 0.492 e. The first-order valence-corrected chi connectivity index (χ1v) is 6.66. The van der Waals surface area contributed by atoms with Crippen molar-refractivity contribution in [3.8, 4) is 0 Å². The van der Waals surface area contributed by atoms with E-state index in [0.29, 0.717) is 0 Å². The first-order chi connectivity index (χ1) is 10.7. The molecule has 0 saturated heterocycles. The molecule has 0 aromatic carbocycles. The van der Waals surface area contributed by atoms with Crippen molar-refractivity contribution in [3.05, 3.63) is 64.2 Å². The van der Waals surface area contributed by atoms with E-state index in [4.69, 9.17) is 23.7 Å². The van der Waals surface area contributed by atoms with Crippen LogP contribution >= 0.6 is 0 Å². The molecule has 0 heterocycles. The average molecular weight is 310 g/mol. The Labute approximate surface area is 130 Å². The normalized spacial score (nSPS) is 33.7. The molecule has 4 atom stereocenters. The summed E-state index contributed by atoms with van der Waals surface area (Å²) in [6.07, 6.45) is 1.28. The summed E-state index contributed by atoms with van der Waals surface area (Å²) in [6, 6.07) is 0. The van der Waals surface area contributed by atoms with Gasteiger partial charge in [-0.25, -0.2) is 0 Å². The molecule has 0 spiro atoms. The van der Waals surface area contributed by atoms with Crippen LogP contribution in [0.3, 0.4) is 0 Å². The van der Waals surface area contributed by atoms with Crippen LogP contribution in [-0.4, -0.2) is 41.7 Å². The number of rotatable bonds is 10. The zero-order chi connectivity index (χ0) is 16.5. The third kappa shape index (κ3) is 3.65. The van der Waals surface area contributed by atoms with Crippen LogP contribution in [0.25, 0.3) is 0 Å². The van der Waals surface area contributed by atoms with E-state index >= 15 is 0 Å². The number of aliphatic hydroxyl groups is 1. The molecular weight excluding hydrogens is 288 g/mol. The second-order valence-corrected chi connectivity index (χ2v) is 4.33. The number of ether oxygens (including phenoxy) is 5. The Kier molecular flexibility index (Phi) is 7.12. The first-order valence-electron chi connectivity index (χ1n) is 6.66. The van der Waals surface area contributed by atoms with E-state index in [0.717, 1.165) is 0 Å². The Balaban J connectivity index is 3.22. The second kappa shape index (κ2) is 8.84. The number of aliphatic hydroxyl groups excluding tert-OH is 1. The van der Waals surface area contributed by atoms with Gasteiger partial charge in [0.15, 0.2) is 30.5 Å². The highest BCUT2D eigenvalue weighted by Gasteiger charge is 2.55. The van der Waals surface area contributed by atoms with Crippen molar-refractivity contribution < 1.29 is 28.8 Å². The predicted octanol–water partition coefficient (Wildman–Crippen LogP) is 2.00. The molecule has 0 amide bonds. The highest BCUT2D eigenvalue weighted by Crippen LogP contribution is 2.32. The Morgan fingerprint density at radius 2 is 0.727 bits per heavy atom. The molecule has 0 bridgehead atoms. The molecule has 6 nitrogen and oxygen atoms in total. The predicted molar refractivity (Wildman–Crippen MR) is 81.4 cm³/mol. The van der Waals surface area contributed by atoms with Crippen molar-refractivity contribution in [2.24, 2.45) is 0 Å². The first kappa shape index (κ1) is 17.7. The molecular formula is C16H22O6. The Morgan fingerprint density at radius 3 is 1.00 bits per heavy atom. The lowest BCUT2D eigenvalue weighted by molar-refractivity contribution is -0.229. The average Bonchev–Trinajstić information content (AvgIpc) is 2.51. The van der Waals surface area contributed by atoms with E-state index in [1.54, 1.807) is 0 Å². The smallest absolute Gasteiger partial charge is 0.178 e. The van der Waals surface area contributed by atoms with Crippen LogP contribution in [0.4, 0.5) is 0 Å². The highest BCUT2D eigenvalue weighted by molar-refractivity contribution is 5.05. The van der Waals surface area contributed by atoms with Gasteiger partial charge in [-0.2, -0.15) is 0 Å². The molecule has 6 heteroatoms. The summed E-state index contributed by atoms with van der Waals surface area (Å²) < 4.78 is 27.1. The fraction of sp³-hybridized carbons (Fsp3) is 0.375. The lowest BCUT2D eigenvalue weighted by Gasteiger charge is -2.46. The van der Waals surface area contributed by atoms with Crippen LogP contribution in [-0.2, 0) is 23.7 Å². The van der Waals surface area contributed by atoms with E-state index in [-0.39, 0.29) is 0 Å². The fourth-order valence-corrected chi connectivity index (χ4v) is 2.47. The summed E-state index contributed by atoms with van der Waals surface area (Å²) >= 11 is 0. The highest BCUT2D eigenvalue weighted by atomic mass is 16.6. The van der Waals surface area contributed by atoms with Crippen LogP contribution in [0.5, 0.6) is 0 Å². The molecule has 1 rings (SSSR count). The van der Waals surface area contributed by atoms with Crippen LogP contribution < -0.4 is 0 Å². The minimum absolute atomic E-state index is 0.688. The van der Waals surface area contributed by atoms with Crippen molar-refractivity contribution in [2.45, 2.75) is 36.6 Å². The minimum atomic E-state index is -1.09. The number of hydrogen-bond donors (Lipinski definition) is 1. The van der Waals surface area contributed by atoms with Gasteiger partial charge in [0.05, 0.1) is 31.3 Å². The molecule has 4 unspecified atom stereocenters. The molecule has 1 saturated carbocycles. The van der Waals surface area contributed by atoms with E-state index in [1.165, 1.54) is 31.3 Å². The van der Waals surface area contributed by atoms with Crippen LogP contribution in [0.15, 0.2) is 64.2 Å². The Bertz CT molecular complexity index is 375. The zero-order valence-corrected chi connectivity index (χ0v) is 12.4. The van der Waals surface area contributed by atoms with Crippen molar-refractivity contribution in [2.75, 3.05) is 0 Å². The van der Waals surface area contributed by atoms with Gasteiger partial charge in [0.1, 0.15) is 6.10 Å². The van der Waals surface area contributed by atoms with Crippen LogP contribution in [0.2, 0.25) is 0 Å². The van der Waals surface area contributed by atoms with Crippen LogP contribution in [0, 0.1) is 0 Å². The summed E-state index contributed by atoms with van der Waals surface area (Å²) in [5, 5.41) is 10.5. The van der Waals surface area contributed by atoms with Gasteiger partial charge in [-0.15, -0.1) is 0 Å². The maximum Gasteiger partial charge on any atom is 0.178 e. The van der Waals surface area contributed by atoms with Crippen molar-refractivity contribution in [1.29, 1.82) is 0 Å². The molecule has 1 aliphatic rings. The third-order valence-electron chi connectivity index (χ3n) is 3.24. The molecule has 1 N–H and O–H groups in total. The lowest BCUT2D eigenvalue weighted by atomic mass is 9.84. The molecule has 122 valence electrons. The van der Waals surface area contributed by atoms with E-state index in [2.05, 4.69) is 32.9 Å². The monoisotopic (exact) mass is 310 g/mol. The second-order valence-electron chi connectivity index (χ2n) is 4.33. The van der Waals surface area contributed by atoms with Gasteiger partial charge in [-0.05, 0) is 0 Å². The standard InChI is InChI=1S/C16H22O6/c1-6-18-12-11(17)13(19-7-2)15(21-9-4)16(22-10-5)14(12)20-8-3/h6-17H,1-5H2. The molecule has 1 fully saturated rings. The fourth-order valence-electron chi connectivity index (χ4n) is 2.47. The minimum Gasteiger partial charge on any atom is -0.492 e. The summed E-state index contributed by atoms with van der Waals surface area (Å²) in [6.45, 7) is 17.6. The van der Waals surface area contributed by atoms with Gasteiger partial charge in [-0.1, -0.05) is 32.9 Å².